The van der Waals surface area contributed by atoms with Crippen LogP contribution in [-0.2, 0) is 59.0 Å². The minimum Gasteiger partial charge on any atom is -0.509 e. The van der Waals surface area contributed by atoms with E-state index in [1.807, 2.05) is 24.4 Å². The average molecular weight is 1360 g/mol. The smallest absolute Gasteiger partial charge is 0.135 e. The number of fused-ring (bicyclic) bond motifs is 8. The fraction of sp³-hybridized carbons (Fsp3) is 0.341. The van der Waals surface area contributed by atoms with Gasteiger partial charge in [0.05, 0.1) is 0 Å². The van der Waals surface area contributed by atoms with Gasteiger partial charge >= 0.3 is 0 Å². The number of hydrogen-bond acceptors (Lipinski definition) is 5. The van der Waals surface area contributed by atoms with Crippen LogP contribution >= 0.6 is 0 Å². The zero-order chi connectivity index (χ0) is 63.2. The molecule has 0 amide bonds. The van der Waals surface area contributed by atoms with Crippen molar-refractivity contribution in [2.24, 2.45) is 0 Å². The second-order valence-corrected chi connectivity index (χ2v) is 32.1. The number of hydrogen-bond donors (Lipinski definition) is 0. The Labute approximate surface area is 545 Å². The molecule has 6 nitrogen and oxygen atoms in total. The Balaban J connectivity index is 0.00000817. The second-order valence-electron chi connectivity index (χ2n) is 32.1. The first-order chi connectivity index (χ1) is 41.0. The van der Waals surface area contributed by atoms with Crippen LogP contribution in [-0.4, -0.2) is 9.55 Å². The third kappa shape index (κ3) is 11.9. The summed E-state index contributed by atoms with van der Waals surface area (Å²) in [5.74, 6) is 1.97. The molecule has 0 spiro atoms. The van der Waals surface area contributed by atoms with E-state index in [0.29, 0.717) is 11.5 Å². The Kier molecular flexibility index (Phi) is 15.6. The van der Waals surface area contributed by atoms with Crippen LogP contribution < -0.4 is 14.5 Å². The van der Waals surface area contributed by atoms with Crippen molar-refractivity contribution in [1.29, 1.82) is 0 Å². The summed E-state index contributed by atoms with van der Waals surface area (Å²) in [6.45, 7) is 50.9. The molecule has 89 heavy (non-hydrogen) atoms. The molecule has 0 saturated heterocycles. The second kappa shape index (κ2) is 21.9. The maximum atomic E-state index is 7.15. The molecule has 0 fully saturated rings. The van der Waals surface area contributed by atoms with E-state index in [9.17, 15) is 0 Å². The van der Waals surface area contributed by atoms with Crippen molar-refractivity contribution in [2.75, 3.05) is 9.80 Å². The normalized spacial score (nSPS) is 13.7. The molecular formula is C82H89N4O2Pt-3. The van der Waals surface area contributed by atoms with Crippen molar-refractivity contribution in [3.05, 3.63) is 210 Å². The van der Waals surface area contributed by atoms with Gasteiger partial charge in [-0.25, -0.2) is 4.98 Å². The third-order valence-electron chi connectivity index (χ3n) is 18.0. The van der Waals surface area contributed by atoms with Crippen LogP contribution in [0.1, 0.15) is 184 Å². The van der Waals surface area contributed by atoms with Gasteiger partial charge in [0, 0.05) is 83.2 Å². The molecule has 11 aromatic rings. The van der Waals surface area contributed by atoms with E-state index in [1.54, 1.807) is 0 Å². The number of benzene rings is 8. The van der Waals surface area contributed by atoms with Gasteiger partial charge in [0.25, 0.3) is 0 Å². The summed E-state index contributed by atoms with van der Waals surface area (Å²) in [7, 11) is 0. The van der Waals surface area contributed by atoms with E-state index >= 15 is 0 Å². The molecule has 7 heteroatoms. The van der Waals surface area contributed by atoms with E-state index < -0.39 is 0 Å². The van der Waals surface area contributed by atoms with Gasteiger partial charge in [0.1, 0.15) is 17.0 Å². The Bertz CT molecular complexity index is 4400. The van der Waals surface area contributed by atoms with E-state index in [2.05, 4.69) is 306 Å². The molecule has 8 aromatic carbocycles. The van der Waals surface area contributed by atoms with Gasteiger partial charge in [-0.2, -0.15) is 6.07 Å². The molecule has 462 valence electrons. The predicted octanol–water partition coefficient (Wildman–Crippen LogP) is 23.3. The van der Waals surface area contributed by atoms with Crippen LogP contribution in [0.15, 0.2) is 156 Å². The Morgan fingerprint density at radius 3 is 1.45 bits per heavy atom. The summed E-state index contributed by atoms with van der Waals surface area (Å²) in [5, 5.41) is 4.17. The van der Waals surface area contributed by atoms with Gasteiger partial charge in [-0.3, -0.25) is 0 Å². The molecule has 0 radical (unpaired) electrons. The number of ether oxygens (including phenoxy) is 1. The molecule has 4 heterocycles. The largest absolute Gasteiger partial charge is 0.509 e. The SMILES string of the molecule is CC(C)(C)c1cc(Oc2[c-]c3c(cc2)c2c4oc5ccccc5c4ccc2n3-c2cc(C(C)(C)C)ccn2)[c-]c(N2[CH-]N(c3c(-c4cc(C(C)(C)C)cc(C(C)(C)C)c4)cc(C(C)(C)C)cc3-c3cc(C(C)(C)C)cc(C(C)(C)C)c3)c3ccccc32)c1.[Pt]. The first-order valence-electron chi connectivity index (χ1n) is 31.6. The van der Waals surface area contributed by atoms with Crippen LogP contribution in [0.5, 0.6) is 11.5 Å². The Morgan fingerprint density at radius 1 is 0.427 bits per heavy atom. The van der Waals surface area contributed by atoms with Crippen molar-refractivity contribution in [3.8, 4) is 39.6 Å². The maximum Gasteiger partial charge on any atom is 0.135 e. The van der Waals surface area contributed by atoms with Gasteiger partial charge in [0.15, 0.2) is 0 Å². The van der Waals surface area contributed by atoms with Gasteiger partial charge in [-0.05, 0) is 142 Å². The fourth-order valence-corrected chi connectivity index (χ4v) is 12.3. The molecule has 0 atom stereocenters. The maximum absolute atomic E-state index is 7.15. The summed E-state index contributed by atoms with van der Waals surface area (Å²) in [4.78, 5) is 9.82. The van der Waals surface area contributed by atoms with Gasteiger partial charge in [-0.15, -0.1) is 48.3 Å². The van der Waals surface area contributed by atoms with E-state index in [0.717, 1.165) is 77.9 Å². The molecule has 0 unspecified atom stereocenters. The molecule has 3 aromatic heterocycles. The van der Waals surface area contributed by atoms with Crippen LogP contribution in [0, 0.1) is 18.8 Å². The zero-order valence-corrected chi connectivity index (χ0v) is 58.7. The molecule has 1 aliphatic rings. The van der Waals surface area contributed by atoms with E-state index in [4.69, 9.17) is 14.1 Å². The molecule has 12 rings (SSSR count). The monoisotopic (exact) mass is 1360 g/mol. The number of aromatic nitrogens is 2. The summed E-state index contributed by atoms with van der Waals surface area (Å²) >= 11 is 0. The summed E-state index contributed by atoms with van der Waals surface area (Å²) in [6.07, 6.45) is 1.92. The fourth-order valence-electron chi connectivity index (χ4n) is 12.3. The molecule has 0 saturated carbocycles. The van der Waals surface area contributed by atoms with Gasteiger partial charge in [0.2, 0.25) is 0 Å². The van der Waals surface area contributed by atoms with Crippen molar-refractivity contribution in [1.82, 2.24) is 9.55 Å². The molecule has 1 aliphatic heterocycles. The van der Waals surface area contributed by atoms with Gasteiger partial charge < -0.3 is 23.5 Å². The quantitative estimate of drug-likeness (QED) is 0.149. The standard InChI is InChI=1S/C82H89N4O2.Pt/c1-76(2,3)52-34-35-83-72(46-52)86-69-33-32-63-62-26-22-25-29-71(62)88-75(63)73(69)64-31-30-60(48-70(64)86)87-61-43-57(81(16,17)18)42-59(47-61)84-49-85(68-28-24-23-27-67(68)84)74-65(50-36-53(77(4,5)6)40-54(37-50)78(7,8)9)44-58(82(19,20)21)45-66(74)51-38-55(79(10,11)12)41-56(39-51)80(13,14)15;/h22-46,49H,1-21H3;/q-3;. The molecule has 0 bridgehead atoms. The van der Waals surface area contributed by atoms with Gasteiger partial charge in [-0.1, -0.05) is 223 Å². The number of nitrogens with zero attached hydrogens (tertiary/aromatic N) is 4. The van der Waals surface area contributed by atoms with Crippen LogP contribution in [0.25, 0.3) is 71.8 Å². The van der Waals surface area contributed by atoms with Crippen molar-refractivity contribution in [2.45, 2.75) is 183 Å². The number of furan rings is 1. The van der Waals surface area contributed by atoms with Crippen molar-refractivity contribution >= 4 is 66.5 Å². The first kappa shape index (κ1) is 63.2. The van der Waals surface area contributed by atoms with Crippen LogP contribution in [0.4, 0.5) is 22.7 Å². The number of pyridine rings is 1. The van der Waals surface area contributed by atoms with Crippen LogP contribution in [0.3, 0.4) is 0 Å². The zero-order valence-electron chi connectivity index (χ0n) is 56.4. The molecule has 0 aliphatic carbocycles. The van der Waals surface area contributed by atoms with E-state index in [-0.39, 0.29) is 59.0 Å². The average Bonchev–Trinajstić information content (AvgIpc) is 1.68. The van der Waals surface area contributed by atoms with E-state index in [1.165, 1.54) is 55.6 Å². The molecule has 0 N–H and O–H groups in total. The molecular weight excluding hydrogens is 1270 g/mol. The van der Waals surface area contributed by atoms with Crippen molar-refractivity contribution < 1.29 is 30.2 Å². The Morgan fingerprint density at radius 2 is 0.910 bits per heavy atom. The number of rotatable bonds is 7. The number of anilines is 4. The summed E-state index contributed by atoms with van der Waals surface area (Å²) in [5.41, 5.74) is 20.4. The third-order valence-corrected chi connectivity index (χ3v) is 18.0. The predicted molar refractivity (Wildman–Crippen MR) is 373 cm³/mol. The minimum atomic E-state index is -0.253. The first-order valence-corrected chi connectivity index (χ1v) is 31.6. The summed E-state index contributed by atoms with van der Waals surface area (Å²) in [6, 6.07) is 61.8. The Hall–Kier alpha value is -7.40. The van der Waals surface area contributed by atoms with Crippen molar-refractivity contribution in [3.63, 3.8) is 0 Å². The topological polar surface area (TPSA) is 46.7 Å². The minimum absolute atomic E-state index is 0. The number of para-hydroxylation sites is 3. The van der Waals surface area contributed by atoms with Crippen LogP contribution in [0.2, 0.25) is 0 Å². The summed E-state index contributed by atoms with van der Waals surface area (Å²) < 4.78 is 16.1.